The van der Waals surface area contributed by atoms with E-state index in [0.29, 0.717) is 40.3 Å². The van der Waals surface area contributed by atoms with Crippen molar-refractivity contribution in [3.8, 4) is 22.8 Å². The van der Waals surface area contributed by atoms with Crippen LogP contribution in [-0.2, 0) is 14.8 Å². The molecule has 0 aliphatic heterocycles. The maximum Gasteiger partial charge on any atom is 0.236 e. The quantitative estimate of drug-likeness (QED) is 0.560. The fourth-order valence-electron chi connectivity index (χ4n) is 3.78. The van der Waals surface area contributed by atoms with Crippen molar-refractivity contribution in [1.82, 2.24) is 4.72 Å². The Labute approximate surface area is 195 Å². The first kappa shape index (κ1) is 23.1. The molecule has 0 unspecified atom stereocenters. The predicted octanol–water partition coefficient (Wildman–Crippen LogP) is 3.66. The number of hydrogen-bond acceptors (Lipinski definition) is 7. The Morgan fingerprint density at radius 2 is 1.91 bits per heavy atom. The largest absolute Gasteiger partial charge is 0.496 e. The summed E-state index contributed by atoms with van der Waals surface area (Å²) in [6.07, 6.45) is 1.32. The van der Waals surface area contributed by atoms with Crippen LogP contribution in [0.1, 0.15) is 18.4 Å². The number of carbonyl (C=O) groups excluding carboxylic acids is 1. The molecular formula is C23H22ClNO7S. The van der Waals surface area contributed by atoms with Crippen LogP contribution < -0.4 is 19.6 Å². The van der Waals surface area contributed by atoms with Crippen molar-refractivity contribution in [3.05, 3.63) is 57.2 Å². The molecule has 1 saturated carbocycles. The number of amides is 1. The fourth-order valence-corrected chi connectivity index (χ4v) is 4.52. The molecule has 0 bridgehead atoms. The van der Waals surface area contributed by atoms with Gasteiger partial charge in [0.2, 0.25) is 15.9 Å². The van der Waals surface area contributed by atoms with Gasteiger partial charge < -0.3 is 13.9 Å². The molecule has 0 atom stereocenters. The van der Waals surface area contributed by atoms with Crippen molar-refractivity contribution >= 4 is 38.5 Å². The number of sulfonamides is 1. The van der Waals surface area contributed by atoms with E-state index in [9.17, 15) is 18.0 Å². The summed E-state index contributed by atoms with van der Waals surface area (Å²) in [7, 11) is -2.07. The molecule has 1 aliphatic carbocycles. The van der Waals surface area contributed by atoms with Crippen molar-refractivity contribution in [2.45, 2.75) is 25.9 Å². The van der Waals surface area contributed by atoms with Crippen LogP contribution in [0, 0.1) is 12.8 Å². The smallest absolute Gasteiger partial charge is 0.236 e. The molecule has 3 aromatic rings. The summed E-state index contributed by atoms with van der Waals surface area (Å²) in [4.78, 5) is 24.7. The Kier molecular flexibility index (Phi) is 6.11. The molecule has 0 saturated heterocycles. The van der Waals surface area contributed by atoms with Gasteiger partial charge in [0, 0.05) is 18.1 Å². The molecule has 0 spiro atoms. The van der Waals surface area contributed by atoms with Crippen LogP contribution in [0.3, 0.4) is 0 Å². The number of para-hydroxylation sites is 1. The van der Waals surface area contributed by atoms with E-state index in [2.05, 4.69) is 0 Å². The third-order valence-electron chi connectivity index (χ3n) is 5.51. The summed E-state index contributed by atoms with van der Waals surface area (Å²) in [6.45, 7) is 1.85. The molecule has 1 aromatic heterocycles. The first-order valence-electron chi connectivity index (χ1n) is 10.2. The standard InChI is InChI=1S/C23H22ClNO7S/c1-12-7-16(20-10-18(26)15-5-4-6-17(24)22(15)32-20)21(11-19(12)30-2)31-14-8-13(9-14)23(27)25-33(3,28)29/h4-7,10-11,13-14H,8-9H2,1-3H3,(H,25,27)/t13-,14-. The van der Waals surface area contributed by atoms with Crippen LogP contribution >= 0.6 is 11.6 Å². The third-order valence-corrected chi connectivity index (χ3v) is 6.38. The summed E-state index contributed by atoms with van der Waals surface area (Å²) >= 11 is 6.25. The summed E-state index contributed by atoms with van der Waals surface area (Å²) in [6, 6.07) is 9.84. The van der Waals surface area contributed by atoms with Gasteiger partial charge in [0.15, 0.2) is 11.0 Å². The minimum Gasteiger partial charge on any atom is -0.496 e. The molecule has 4 rings (SSSR count). The van der Waals surface area contributed by atoms with Crippen LogP contribution in [0.15, 0.2) is 45.6 Å². The molecule has 174 valence electrons. The number of aryl methyl sites for hydroxylation is 1. The van der Waals surface area contributed by atoms with E-state index in [1.807, 2.05) is 11.6 Å². The molecule has 33 heavy (non-hydrogen) atoms. The number of halogens is 1. The molecule has 1 fully saturated rings. The topological polar surface area (TPSA) is 112 Å². The second kappa shape index (κ2) is 8.72. The molecule has 1 aliphatic rings. The van der Waals surface area contributed by atoms with Crippen LogP contribution in [0.2, 0.25) is 5.02 Å². The zero-order valence-electron chi connectivity index (χ0n) is 18.2. The average Bonchev–Trinajstić information content (AvgIpc) is 2.70. The molecule has 1 amide bonds. The van der Waals surface area contributed by atoms with Crippen LogP contribution in [0.4, 0.5) is 0 Å². The van der Waals surface area contributed by atoms with Gasteiger partial charge in [0.05, 0.1) is 29.3 Å². The van der Waals surface area contributed by atoms with Gasteiger partial charge in [-0.1, -0.05) is 17.7 Å². The highest BCUT2D eigenvalue weighted by molar-refractivity contribution is 7.89. The van der Waals surface area contributed by atoms with Crippen LogP contribution in [0.5, 0.6) is 11.5 Å². The molecule has 1 heterocycles. The maximum absolute atomic E-state index is 12.7. The highest BCUT2D eigenvalue weighted by Gasteiger charge is 2.37. The minimum absolute atomic E-state index is 0.241. The maximum atomic E-state index is 12.7. The lowest BCUT2D eigenvalue weighted by Gasteiger charge is -2.34. The Hall–Kier alpha value is -3.04. The SMILES string of the molecule is COc1cc(O[C@H]2C[C@H](C(=O)NS(C)(=O)=O)C2)c(-c2cc(=O)c3cccc(Cl)c3o2)cc1C. The van der Waals surface area contributed by atoms with Crippen molar-refractivity contribution < 1.29 is 27.1 Å². The van der Waals surface area contributed by atoms with Gasteiger partial charge in [-0.15, -0.1) is 0 Å². The summed E-state index contributed by atoms with van der Waals surface area (Å²) in [5, 5.41) is 0.690. The Balaban J connectivity index is 1.67. The molecule has 1 N–H and O–H groups in total. The predicted molar refractivity (Wildman–Crippen MR) is 124 cm³/mol. The number of methoxy groups -OCH3 is 1. The molecule has 8 nitrogen and oxygen atoms in total. The number of nitrogens with one attached hydrogen (secondary N) is 1. The summed E-state index contributed by atoms with van der Waals surface area (Å²) in [5.74, 6) is 0.277. The lowest BCUT2D eigenvalue weighted by Crippen LogP contribution is -2.45. The molecule has 2 aromatic carbocycles. The lowest BCUT2D eigenvalue weighted by molar-refractivity contribution is -0.128. The highest BCUT2D eigenvalue weighted by atomic mass is 35.5. The Morgan fingerprint density at radius 1 is 1.18 bits per heavy atom. The van der Waals surface area contributed by atoms with E-state index in [4.69, 9.17) is 25.5 Å². The first-order valence-corrected chi connectivity index (χ1v) is 12.4. The number of hydrogen-bond donors (Lipinski definition) is 1. The second-order valence-electron chi connectivity index (χ2n) is 8.06. The number of benzene rings is 2. The van der Waals surface area contributed by atoms with Gasteiger partial charge >= 0.3 is 0 Å². The van der Waals surface area contributed by atoms with E-state index < -0.39 is 21.8 Å². The molecular weight excluding hydrogens is 470 g/mol. The highest BCUT2D eigenvalue weighted by Crippen LogP contribution is 2.40. The lowest BCUT2D eigenvalue weighted by atomic mass is 9.82. The van der Waals surface area contributed by atoms with Gasteiger partial charge in [-0.05, 0) is 43.5 Å². The van der Waals surface area contributed by atoms with Gasteiger partial charge in [-0.2, -0.15) is 0 Å². The summed E-state index contributed by atoms with van der Waals surface area (Å²) in [5.41, 5.74) is 1.38. The number of fused-ring (bicyclic) bond motifs is 1. The van der Waals surface area contributed by atoms with E-state index in [0.717, 1.165) is 11.8 Å². The van der Waals surface area contributed by atoms with E-state index in [-0.39, 0.29) is 22.9 Å². The van der Waals surface area contributed by atoms with E-state index in [1.54, 1.807) is 30.3 Å². The fraction of sp³-hybridized carbons (Fsp3) is 0.304. The Morgan fingerprint density at radius 3 is 2.58 bits per heavy atom. The van der Waals surface area contributed by atoms with Gasteiger partial charge in [0.1, 0.15) is 23.4 Å². The normalized spacial score (nSPS) is 17.9. The van der Waals surface area contributed by atoms with Crippen molar-refractivity contribution in [1.29, 1.82) is 0 Å². The van der Waals surface area contributed by atoms with E-state index >= 15 is 0 Å². The third kappa shape index (κ3) is 4.84. The van der Waals surface area contributed by atoms with Gasteiger partial charge in [-0.3, -0.25) is 14.3 Å². The van der Waals surface area contributed by atoms with Crippen molar-refractivity contribution in [2.24, 2.45) is 5.92 Å². The average molecular weight is 492 g/mol. The second-order valence-corrected chi connectivity index (χ2v) is 10.2. The minimum atomic E-state index is -3.61. The van der Waals surface area contributed by atoms with E-state index in [1.165, 1.54) is 13.2 Å². The Bertz CT molecular complexity index is 1410. The molecule has 0 radical (unpaired) electrons. The number of carbonyl (C=O) groups is 1. The number of ether oxygens (including phenoxy) is 2. The van der Waals surface area contributed by atoms with Crippen molar-refractivity contribution in [2.75, 3.05) is 13.4 Å². The van der Waals surface area contributed by atoms with Gasteiger partial charge in [0.25, 0.3) is 0 Å². The monoisotopic (exact) mass is 491 g/mol. The molecule has 10 heteroatoms. The zero-order chi connectivity index (χ0) is 23.9. The summed E-state index contributed by atoms with van der Waals surface area (Å²) < 4.78 is 42.1. The van der Waals surface area contributed by atoms with Crippen LogP contribution in [0.25, 0.3) is 22.3 Å². The van der Waals surface area contributed by atoms with Crippen molar-refractivity contribution in [3.63, 3.8) is 0 Å². The zero-order valence-corrected chi connectivity index (χ0v) is 19.7. The van der Waals surface area contributed by atoms with Crippen LogP contribution in [-0.4, -0.2) is 33.8 Å². The van der Waals surface area contributed by atoms with Gasteiger partial charge in [-0.25, -0.2) is 8.42 Å². The number of rotatable bonds is 6. The first-order chi connectivity index (χ1) is 15.6.